The molecule has 1 fully saturated rings. The number of hydrogen-bond acceptors (Lipinski definition) is 3. The topological polar surface area (TPSA) is 49.4 Å². The molecule has 100 valence electrons. The lowest BCUT2D eigenvalue weighted by atomic mass is 10.4. The van der Waals surface area contributed by atoms with E-state index in [1.54, 1.807) is 0 Å². The van der Waals surface area contributed by atoms with Crippen molar-refractivity contribution >= 4 is 44.8 Å². The van der Waals surface area contributed by atoms with E-state index >= 15 is 0 Å². The van der Waals surface area contributed by atoms with E-state index in [9.17, 15) is 8.42 Å². The lowest BCUT2D eigenvalue weighted by Gasteiger charge is -2.27. The predicted octanol–water partition coefficient (Wildman–Crippen LogP) is 2.24. The second kappa shape index (κ2) is 5.53. The summed E-state index contributed by atoms with van der Waals surface area (Å²) in [6.07, 6.45) is 0. The highest BCUT2D eigenvalue weighted by Crippen LogP contribution is 2.33. The first-order valence-corrected chi connectivity index (χ1v) is 7.86. The zero-order valence-corrected chi connectivity index (χ0v) is 12.4. The summed E-state index contributed by atoms with van der Waals surface area (Å²) in [6.45, 7) is 2.08. The van der Waals surface area contributed by atoms with Crippen molar-refractivity contribution in [2.45, 2.75) is 4.90 Å². The van der Waals surface area contributed by atoms with Gasteiger partial charge in [0.2, 0.25) is 10.0 Å². The van der Waals surface area contributed by atoms with Crippen LogP contribution in [0.4, 0.5) is 0 Å². The molecule has 8 heteroatoms. The van der Waals surface area contributed by atoms with Crippen LogP contribution in [0.5, 0.6) is 0 Å². The average molecular weight is 330 g/mol. The Balaban J connectivity index is 2.43. The van der Waals surface area contributed by atoms with Crippen molar-refractivity contribution in [2.24, 2.45) is 0 Å². The maximum atomic E-state index is 12.4. The molecule has 1 aliphatic rings. The summed E-state index contributed by atoms with van der Waals surface area (Å²) < 4.78 is 26.2. The summed E-state index contributed by atoms with van der Waals surface area (Å²) in [5, 5.41) is 3.59. The number of halogens is 3. The molecule has 4 nitrogen and oxygen atoms in total. The standard InChI is InChI=1S/C10H11Cl3N2O2S/c11-7-5-9(13)10(6-8(7)12)18(16,17)15-3-1-14-2-4-15/h5-6,14H,1-4H2. The van der Waals surface area contributed by atoms with Crippen LogP contribution in [0, 0.1) is 0 Å². The van der Waals surface area contributed by atoms with Crippen molar-refractivity contribution in [1.82, 2.24) is 9.62 Å². The fourth-order valence-corrected chi connectivity index (χ4v) is 4.14. The Hall–Kier alpha value is -0.0400. The van der Waals surface area contributed by atoms with Gasteiger partial charge in [-0.25, -0.2) is 8.42 Å². The highest BCUT2D eigenvalue weighted by molar-refractivity contribution is 7.89. The number of rotatable bonds is 2. The lowest BCUT2D eigenvalue weighted by Crippen LogP contribution is -2.46. The highest BCUT2D eigenvalue weighted by atomic mass is 35.5. The van der Waals surface area contributed by atoms with Gasteiger partial charge in [-0.2, -0.15) is 4.31 Å². The van der Waals surface area contributed by atoms with Crippen LogP contribution >= 0.6 is 34.8 Å². The largest absolute Gasteiger partial charge is 0.314 e. The zero-order valence-electron chi connectivity index (χ0n) is 9.29. The lowest BCUT2D eigenvalue weighted by molar-refractivity contribution is 0.360. The van der Waals surface area contributed by atoms with Crippen LogP contribution in [0.2, 0.25) is 15.1 Å². The number of nitrogens with zero attached hydrogens (tertiary/aromatic N) is 1. The second-order valence-electron chi connectivity index (χ2n) is 3.85. The molecule has 1 heterocycles. The molecule has 0 saturated carbocycles. The van der Waals surface area contributed by atoms with Gasteiger partial charge in [0, 0.05) is 26.2 Å². The first-order chi connectivity index (χ1) is 8.43. The molecule has 0 unspecified atom stereocenters. The molecule has 0 amide bonds. The summed E-state index contributed by atoms with van der Waals surface area (Å²) in [6, 6.07) is 2.64. The molecule has 0 aromatic heterocycles. The van der Waals surface area contributed by atoms with Crippen molar-refractivity contribution < 1.29 is 8.42 Å². The Labute approximate surface area is 121 Å². The molecule has 0 atom stereocenters. The van der Waals surface area contributed by atoms with E-state index < -0.39 is 10.0 Å². The van der Waals surface area contributed by atoms with Crippen LogP contribution in [0.25, 0.3) is 0 Å². The summed E-state index contributed by atoms with van der Waals surface area (Å²) >= 11 is 17.6. The summed E-state index contributed by atoms with van der Waals surface area (Å²) in [7, 11) is -3.61. The van der Waals surface area contributed by atoms with E-state index in [2.05, 4.69) is 5.32 Å². The minimum absolute atomic E-state index is 0.000432. The van der Waals surface area contributed by atoms with E-state index in [0.29, 0.717) is 26.2 Å². The van der Waals surface area contributed by atoms with Crippen LogP contribution in [0.3, 0.4) is 0 Å². The third-order valence-corrected chi connectivity index (χ3v) is 5.75. The van der Waals surface area contributed by atoms with Gasteiger partial charge in [0.25, 0.3) is 0 Å². The van der Waals surface area contributed by atoms with Crippen LogP contribution in [-0.4, -0.2) is 38.9 Å². The van der Waals surface area contributed by atoms with Gasteiger partial charge in [0.15, 0.2) is 0 Å². The Kier molecular flexibility index (Phi) is 4.41. The minimum Gasteiger partial charge on any atom is -0.314 e. The normalized spacial score (nSPS) is 17.9. The first kappa shape index (κ1) is 14.4. The van der Waals surface area contributed by atoms with E-state index in [1.807, 2.05) is 0 Å². The summed E-state index contributed by atoms with van der Waals surface area (Å²) in [4.78, 5) is 0.000432. The Morgan fingerprint density at radius 1 is 1.00 bits per heavy atom. The number of benzene rings is 1. The number of nitrogens with one attached hydrogen (secondary N) is 1. The molecule has 1 aromatic rings. The van der Waals surface area contributed by atoms with E-state index in [1.165, 1.54) is 16.4 Å². The monoisotopic (exact) mass is 328 g/mol. The zero-order chi connectivity index (χ0) is 13.3. The molecule has 0 aliphatic carbocycles. The smallest absolute Gasteiger partial charge is 0.244 e. The van der Waals surface area contributed by atoms with Gasteiger partial charge in [0.05, 0.1) is 15.1 Å². The fraction of sp³-hybridized carbons (Fsp3) is 0.400. The van der Waals surface area contributed by atoms with Crippen molar-refractivity contribution in [1.29, 1.82) is 0 Å². The molecule has 1 N–H and O–H groups in total. The predicted molar refractivity (Wildman–Crippen MR) is 73.1 cm³/mol. The van der Waals surface area contributed by atoms with Gasteiger partial charge >= 0.3 is 0 Å². The molecular formula is C10H11Cl3N2O2S. The van der Waals surface area contributed by atoms with Gasteiger partial charge < -0.3 is 5.32 Å². The Bertz CT molecular complexity index is 556. The molecule has 18 heavy (non-hydrogen) atoms. The van der Waals surface area contributed by atoms with Crippen molar-refractivity contribution in [2.75, 3.05) is 26.2 Å². The third-order valence-electron chi connectivity index (χ3n) is 2.67. The van der Waals surface area contributed by atoms with Crippen LogP contribution in [0.1, 0.15) is 0 Å². The van der Waals surface area contributed by atoms with Gasteiger partial charge in [-0.3, -0.25) is 0 Å². The molecule has 2 rings (SSSR count). The molecule has 0 radical (unpaired) electrons. The number of sulfonamides is 1. The minimum atomic E-state index is -3.61. The third kappa shape index (κ3) is 2.76. The number of hydrogen-bond donors (Lipinski definition) is 1. The van der Waals surface area contributed by atoms with Crippen LogP contribution < -0.4 is 5.32 Å². The molecule has 0 spiro atoms. The van der Waals surface area contributed by atoms with Crippen LogP contribution in [-0.2, 0) is 10.0 Å². The van der Waals surface area contributed by atoms with Gasteiger partial charge in [0.1, 0.15) is 4.90 Å². The SMILES string of the molecule is O=S(=O)(c1cc(Cl)c(Cl)cc1Cl)N1CCNCC1. The molecule has 1 aliphatic heterocycles. The van der Waals surface area contributed by atoms with E-state index in [4.69, 9.17) is 34.8 Å². The Morgan fingerprint density at radius 2 is 1.56 bits per heavy atom. The molecule has 0 bridgehead atoms. The summed E-state index contributed by atoms with van der Waals surface area (Å²) in [5.41, 5.74) is 0. The highest BCUT2D eigenvalue weighted by Gasteiger charge is 2.28. The van der Waals surface area contributed by atoms with Crippen molar-refractivity contribution in [3.05, 3.63) is 27.2 Å². The quantitative estimate of drug-likeness (QED) is 0.847. The van der Waals surface area contributed by atoms with Crippen molar-refractivity contribution in [3.8, 4) is 0 Å². The summed E-state index contributed by atoms with van der Waals surface area (Å²) in [5.74, 6) is 0. The maximum Gasteiger partial charge on any atom is 0.244 e. The fourth-order valence-electron chi connectivity index (χ4n) is 1.73. The average Bonchev–Trinajstić information content (AvgIpc) is 2.34. The van der Waals surface area contributed by atoms with Crippen molar-refractivity contribution in [3.63, 3.8) is 0 Å². The van der Waals surface area contributed by atoms with Gasteiger partial charge in [-0.15, -0.1) is 0 Å². The van der Waals surface area contributed by atoms with E-state index in [-0.39, 0.29) is 20.0 Å². The molecular weight excluding hydrogens is 319 g/mol. The van der Waals surface area contributed by atoms with Gasteiger partial charge in [-0.1, -0.05) is 34.8 Å². The second-order valence-corrected chi connectivity index (χ2v) is 6.98. The molecule has 1 saturated heterocycles. The number of piperazine rings is 1. The van der Waals surface area contributed by atoms with E-state index in [0.717, 1.165) is 0 Å². The first-order valence-electron chi connectivity index (χ1n) is 5.28. The Morgan fingerprint density at radius 3 is 2.17 bits per heavy atom. The molecule has 1 aromatic carbocycles. The van der Waals surface area contributed by atoms with Crippen LogP contribution in [0.15, 0.2) is 17.0 Å². The van der Waals surface area contributed by atoms with Gasteiger partial charge in [-0.05, 0) is 12.1 Å². The maximum absolute atomic E-state index is 12.4.